The number of benzene rings is 1. The third-order valence-corrected chi connectivity index (χ3v) is 3.12. The Kier molecular flexibility index (Phi) is 6.12. The second kappa shape index (κ2) is 7.60. The van der Waals surface area contributed by atoms with Crippen molar-refractivity contribution in [2.75, 3.05) is 31.6 Å². The predicted molar refractivity (Wildman–Crippen MR) is 79.0 cm³/mol. The van der Waals surface area contributed by atoms with Crippen molar-refractivity contribution in [3.8, 4) is 0 Å². The maximum absolute atomic E-state index is 11.7. The summed E-state index contributed by atoms with van der Waals surface area (Å²) in [5.74, 6) is -0.798. The fourth-order valence-electron chi connectivity index (χ4n) is 1.40. The van der Waals surface area contributed by atoms with E-state index in [0.717, 1.165) is 6.26 Å². The van der Waals surface area contributed by atoms with E-state index >= 15 is 0 Å². The van der Waals surface area contributed by atoms with Crippen LogP contribution in [0.1, 0.15) is 10.4 Å². The molecular weight excluding hydrogens is 296 g/mol. The van der Waals surface area contributed by atoms with Gasteiger partial charge in [0.2, 0.25) is 15.9 Å². The van der Waals surface area contributed by atoms with Crippen LogP contribution in [-0.2, 0) is 14.8 Å². The molecule has 0 aromatic heterocycles. The van der Waals surface area contributed by atoms with Crippen LogP contribution >= 0.6 is 0 Å². The molecule has 1 rings (SSSR count). The summed E-state index contributed by atoms with van der Waals surface area (Å²) < 4.78 is 23.8. The molecule has 116 valence electrons. The van der Waals surface area contributed by atoms with Gasteiger partial charge in [0.1, 0.15) is 0 Å². The average Bonchev–Trinajstić information content (AvgIpc) is 2.41. The Morgan fingerprint density at radius 1 is 1.10 bits per heavy atom. The van der Waals surface area contributed by atoms with Crippen molar-refractivity contribution < 1.29 is 18.0 Å². The summed E-state index contributed by atoms with van der Waals surface area (Å²) in [6, 6.07) is 6.29. The molecule has 0 heterocycles. The summed E-state index contributed by atoms with van der Waals surface area (Å²) >= 11 is 0. The minimum atomic E-state index is -3.27. The molecular formula is C12H18N4O4S. The number of carbonyl (C=O) groups excluding carboxylic acids is 2. The molecule has 0 unspecified atom stereocenters. The second-order valence-electron chi connectivity index (χ2n) is 4.32. The van der Waals surface area contributed by atoms with E-state index in [2.05, 4.69) is 15.4 Å². The number of hydrogen-bond donors (Lipinski definition) is 4. The fourth-order valence-corrected chi connectivity index (χ4v) is 1.87. The van der Waals surface area contributed by atoms with Gasteiger partial charge < -0.3 is 16.4 Å². The first kappa shape index (κ1) is 16.9. The maximum atomic E-state index is 11.7. The van der Waals surface area contributed by atoms with Gasteiger partial charge in [-0.25, -0.2) is 13.1 Å². The van der Waals surface area contributed by atoms with Crippen molar-refractivity contribution in [1.82, 2.24) is 15.4 Å². The second-order valence-corrected chi connectivity index (χ2v) is 6.15. The first-order chi connectivity index (χ1) is 9.78. The molecule has 1 aromatic rings. The third-order valence-electron chi connectivity index (χ3n) is 2.39. The zero-order valence-electron chi connectivity index (χ0n) is 11.5. The van der Waals surface area contributed by atoms with Crippen LogP contribution in [0.4, 0.5) is 5.69 Å². The number of amides is 2. The van der Waals surface area contributed by atoms with Gasteiger partial charge in [-0.3, -0.25) is 9.59 Å². The Morgan fingerprint density at radius 2 is 1.71 bits per heavy atom. The molecule has 2 amide bonds. The van der Waals surface area contributed by atoms with E-state index in [1.54, 1.807) is 24.3 Å². The molecule has 0 aliphatic heterocycles. The molecule has 0 saturated carbocycles. The Bertz CT molecular complexity index is 598. The lowest BCUT2D eigenvalue weighted by Crippen LogP contribution is -2.40. The lowest BCUT2D eigenvalue weighted by atomic mass is 10.2. The summed E-state index contributed by atoms with van der Waals surface area (Å²) in [5, 5.41) is 4.92. The number of nitrogens with two attached hydrogens (primary N) is 1. The van der Waals surface area contributed by atoms with Crippen LogP contribution in [-0.4, -0.2) is 46.1 Å². The SMILES string of the molecule is CS(=O)(=O)NCCNC(=O)CNC(=O)c1ccc(N)cc1. The van der Waals surface area contributed by atoms with E-state index in [4.69, 9.17) is 5.73 Å². The minimum absolute atomic E-state index is 0.0937. The van der Waals surface area contributed by atoms with Crippen LogP contribution in [0.2, 0.25) is 0 Å². The number of nitrogen functional groups attached to an aromatic ring is 1. The molecule has 21 heavy (non-hydrogen) atoms. The highest BCUT2D eigenvalue weighted by Crippen LogP contribution is 2.04. The van der Waals surface area contributed by atoms with Crippen LogP contribution in [0.3, 0.4) is 0 Å². The number of carbonyl (C=O) groups is 2. The van der Waals surface area contributed by atoms with Gasteiger partial charge in [0.15, 0.2) is 0 Å². The minimum Gasteiger partial charge on any atom is -0.399 e. The Balaban J connectivity index is 2.26. The Morgan fingerprint density at radius 3 is 2.29 bits per heavy atom. The number of sulfonamides is 1. The Labute approximate surface area is 123 Å². The third kappa shape index (κ3) is 7.28. The van der Waals surface area contributed by atoms with E-state index in [1.165, 1.54) is 0 Å². The van der Waals surface area contributed by atoms with E-state index < -0.39 is 15.9 Å². The van der Waals surface area contributed by atoms with Gasteiger partial charge in [0, 0.05) is 24.3 Å². The van der Waals surface area contributed by atoms with E-state index in [1.807, 2.05) is 0 Å². The molecule has 0 saturated heterocycles. The predicted octanol–water partition coefficient (Wildman–Crippen LogP) is -1.34. The van der Waals surface area contributed by atoms with Gasteiger partial charge >= 0.3 is 0 Å². The molecule has 5 N–H and O–H groups in total. The highest BCUT2D eigenvalue weighted by molar-refractivity contribution is 7.88. The van der Waals surface area contributed by atoms with Crippen molar-refractivity contribution in [3.05, 3.63) is 29.8 Å². The maximum Gasteiger partial charge on any atom is 0.251 e. The van der Waals surface area contributed by atoms with E-state index in [-0.39, 0.29) is 25.5 Å². The van der Waals surface area contributed by atoms with Crippen LogP contribution in [0.25, 0.3) is 0 Å². The van der Waals surface area contributed by atoms with Crippen molar-refractivity contribution in [1.29, 1.82) is 0 Å². The number of hydrogen-bond acceptors (Lipinski definition) is 5. The standard InChI is InChI=1S/C12H18N4O4S/c1-21(19,20)16-7-6-14-11(17)8-15-12(18)9-2-4-10(13)5-3-9/h2-5,16H,6-8,13H2,1H3,(H,14,17)(H,15,18). The lowest BCUT2D eigenvalue weighted by Gasteiger charge is -2.07. The van der Waals surface area contributed by atoms with E-state index in [9.17, 15) is 18.0 Å². The monoisotopic (exact) mass is 314 g/mol. The lowest BCUT2D eigenvalue weighted by molar-refractivity contribution is -0.120. The van der Waals surface area contributed by atoms with Crippen molar-refractivity contribution in [2.24, 2.45) is 0 Å². The van der Waals surface area contributed by atoms with Crippen LogP contribution in [0.5, 0.6) is 0 Å². The summed E-state index contributed by atoms with van der Waals surface area (Å²) in [7, 11) is -3.27. The van der Waals surface area contributed by atoms with Crippen molar-refractivity contribution in [3.63, 3.8) is 0 Å². The quantitative estimate of drug-likeness (QED) is 0.366. The molecule has 0 aliphatic rings. The van der Waals surface area contributed by atoms with Crippen LogP contribution in [0, 0.1) is 0 Å². The largest absolute Gasteiger partial charge is 0.399 e. The fraction of sp³-hybridized carbons (Fsp3) is 0.333. The Hall–Kier alpha value is -2.13. The van der Waals surface area contributed by atoms with Gasteiger partial charge in [-0.05, 0) is 24.3 Å². The van der Waals surface area contributed by atoms with Crippen molar-refractivity contribution in [2.45, 2.75) is 0 Å². The topological polar surface area (TPSA) is 130 Å². The molecule has 1 aromatic carbocycles. The average molecular weight is 314 g/mol. The molecule has 0 spiro atoms. The number of nitrogens with one attached hydrogen (secondary N) is 3. The van der Waals surface area contributed by atoms with Gasteiger partial charge in [-0.2, -0.15) is 0 Å². The smallest absolute Gasteiger partial charge is 0.251 e. The van der Waals surface area contributed by atoms with E-state index in [0.29, 0.717) is 11.3 Å². The van der Waals surface area contributed by atoms with Crippen LogP contribution in [0.15, 0.2) is 24.3 Å². The zero-order chi connectivity index (χ0) is 15.9. The summed E-state index contributed by atoms with van der Waals surface area (Å²) in [5.41, 5.74) is 6.45. The van der Waals surface area contributed by atoms with Gasteiger partial charge in [-0.15, -0.1) is 0 Å². The van der Waals surface area contributed by atoms with Crippen LogP contribution < -0.4 is 21.1 Å². The zero-order valence-corrected chi connectivity index (χ0v) is 12.4. The molecule has 0 radical (unpaired) electrons. The molecule has 0 aliphatic carbocycles. The first-order valence-electron chi connectivity index (χ1n) is 6.13. The highest BCUT2D eigenvalue weighted by Gasteiger charge is 2.07. The molecule has 8 nitrogen and oxygen atoms in total. The molecule has 0 atom stereocenters. The van der Waals surface area contributed by atoms with Gasteiger partial charge in [-0.1, -0.05) is 0 Å². The normalized spacial score (nSPS) is 10.9. The highest BCUT2D eigenvalue weighted by atomic mass is 32.2. The molecule has 0 fully saturated rings. The first-order valence-corrected chi connectivity index (χ1v) is 8.02. The summed E-state index contributed by atoms with van der Waals surface area (Å²) in [6.07, 6.45) is 1.03. The number of rotatable bonds is 7. The summed E-state index contributed by atoms with van der Waals surface area (Å²) in [4.78, 5) is 23.1. The molecule has 9 heteroatoms. The number of anilines is 1. The summed E-state index contributed by atoms with van der Waals surface area (Å²) in [6.45, 7) is 0.0439. The van der Waals surface area contributed by atoms with Gasteiger partial charge in [0.25, 0.3) is 5.91 Å². The molecule has 0 bridgehead atoms. The van der Waals surface area contributed by atoms with Crippen molar-refractivity contribution >= 4 is 27.5 Å². The van der Waals surface area contributed by atoms with Gasteiger partial charge in [0.05, 0.1) is 12.8 Å².